The molecule has 2 aromatic heterocycles. The van der Waals surface area contributed by atoms with Crippen LogP contribution in [0.4, 0.5) is 0 Å². The second-order valence-electron chi connectivity index (χ2n) is 4.69. The second kappa shape index (κ2) is 5.55. The van der Waals surface area contributed by atoms with E-state index in [4.69, 9.17) is 0 Å². The van der Waals surface area contributed by atoms with Gasteiger partial charge in [-0.3, -0.25) is 4.98 Å². The molecule has 0 aliphatic carbocycles. The van der Waals surface area contributed by atoms with E-state index in [-0.39, 0.29) is 0 Å². The van der Waals surface area contributed by atoms with Crippen molar-refractivity contribution >= 4 is 32.3 Å². The molecule has 0 bridgehead atoms. The van der Waals surface area contributed by atoms with Gasteiger partial charge in [0.2, 0.25) is 0 Å². The molecule has 0 amide bonds. The van der Waals surface area contributed by atoms with Gasteiger partial charge in [0, 0.05) is 25.2 Å². The Labute approximate surface area is 127 Å². The van der Waals surface area contributed by atoms with Crippen molar-refractivity contribution in [2.45, 2.75) is 10.8 Å². The maximum absolute atomic E-state index is 12.4. The molecule has 2 heterocycles. The Morgan fingerprint density at radius 2 is 1.95 bits per heavy atom. The standard InChI is InChI=1S/C15H14N2O2S2/c1-17(21(18,19)14-8-4-10-20-14)11-13-6-2-5-12-7-3-9-16-15(12)13/h2-10H,11H2,1H3. The first kappa shape index (κ1) is 14.2. The molecule has 6 heteroatoms. The van der Waals surface area contributed by atoms with E-state index in [1.165, 1.54) is 15.6 Å². The fourth-order valence-electron chi connectivity index (χ4n) is 2.18. The maximum Gasteiger partial charge on any atom is 0.252 e. The van der Waals surface area contributed by atoms with Crippen LogP contribution in [0.25, 0.3) is 10.9 Å². The van der Waals surface area contributed by atoms with E-state index in [2.05, 4.69) is 4.98 Å². The molecule has 0 saturated heterocycles. The largest absolute Gasteiger partial charge is 0.256 e. The second-order valence-corrected chi connectivity index (χ2v) is 7.90. The molecule has 0 aliphatic heterocycles. The molecule has 0 aliphatic rings. The third-order valence-electron chi connectivity index (χ3n) is 3.27. The van der Waals surface area contributed by atoms with Gasteiger partial charge in [-0.1, -0.05) is 30.3 Å². The predicted octanol–water partition coefficient (Wildman–Crippen LogP) is 3.12. The van der Waals surface area contributed by atoms with Crippen LogP contribution in [0.2, 0.25) is 0 Å². The normalized spacial score (nSPS) is 12.1. The summed E-state index contributed by atoms with van der Waals surface area (Å²) in [7, 11) is -1.84. The van der Waals surface area contributed by atoms with Gasteiger partial charge in [-0.15, -0.1) is 11.3 Å². The predicted molar refractivity (Wildman–Crippen MR) is 84.7 cm³/mol. The van der Waals surface area contributed by atoms with Crippen LogP contribution in [-0.2, 0) is 16.6 Å². The van der Waals surface area contributed by atoms with Crippen molar-refractivity contribution in [2.75, 3.05) is 7.05 Å². The van der Waals surface area contributed by atoms with Gasteiger partial charge >= 0.3 is 0 Å². The number of rotatable bonds is 4. The highest BCUT2D eigenvalue weighted by molar-refractivity contribution is 7.91. The van der Waals surface area contributed by atoms with E-state index in [0.29, 0.717) is 10.8 Å². The number of fused-ring (bicyclic) bond motifs is 1. The van der Waals surface area contributed by atoms with Crippen molar-refractivity contribution in [3.05, 3.63) is 59.6 Å². The van der Waals surface area contributed by atoms with Crippen LogP contribution in [0.15, 0.2) is 58.3 Å². The SMILES string of the molecule is CN(Cc1cccc2cccnc12)S(=O)(=O)c1cccs1. The minimum atomic E-state index is -3.44. The van der Waals surface area contributed by atoms with E-state index >= 15 is 0 Å². The maximum atomic E-state index is 12.4. The lowest BCUT2D eigenvalue weighted by Gasteiger charge is -2.16. The summed E-state index contributed by atoms with van der Waals surface area (Å²) in [6.45, 7) is 0.300. The van der Waals surface area contributed by atoms with Crippen molar-refractivity contribution in [3.8, 4) is 0 Å². The first-order chi connectivity index (χ1) is 10.1. The lowest BCUT2D eigenvalue weighted by molar-refractivity contribution is 0.469. The Balaban J connectivity index is 1.96. The Morgan fingerprint density at radius 1 is 1.14 bits per heavy atom. The van der Waals surface area contributed by atoms with Crippen molar-refractivity contribution in [1.82, 2.24) is 9.29 Å². The number of hydrogen-bond acceptors (Lipinski definition) is 4. The monoisotopic (exact) mass is 318 g/mol. The third-order valence-corrected chi connectivity index (χ3v) is 6.45. The zero-order valence-electron chi connectivity index (χ0n) is 11.4. The molecule has 0 unspecified atom stereocenters. The highest BCUT2D eigenvalue weighted by Gasteiger charge is 2.22. The van der Waals surface area contributed by atoms with Gasteiger partial charge in [-0.25, -0.2) is 8.42 Å². The lowest BCUT2D eigenvalue weighted by Crippen LogP contribution is -2.26. The quantitative estimate of drug-likeness (QED) is 0.742. The Hall–Kier alpha value is -1.76. The van der Waals surface area contributed by atoms with Gasteiger partial charge in [0.1, 0.15) is 4.21 Å². The van der Waals surface area contributed by atoms with Gasteiger partial charge in [0.05, 0.1) is 5.52 Å². The van der Waals surface area contributed by atoms with E-state index in [9.17, 15) is 8.42 Å². The number of benzene rings is 1. The highest BCUT2D eigenvalue weighted by atomic mass is 32.2. The summed E-state index contributed by atoms with van der Waals surface area (Å²) in [4.78, 5) is 4.36. The van der Waals surface area contributed by atoms with E-state index in [1.54, 1.807) is 30.8 Å². The molecule has 21 heavy (non-hydrogen) atoms. The Morgan fingerprint density at radius 3 is 2.71 bits per heavy atom. The molecule has 0 N–H and O–H groups in total. The molecule has 0 fully saturated rings. The summed E-state index contributed by atoms with van der Waals surface area (Å²) < 4.78 is 26.6. The molecule has 0 saturated carbocycles. The molecule has 3 aromatic rings. The number of para-hydroxylation sites is 1. The van der Waals surface area contributed by atoms with Gasteiger partial charge in [0.15, 0.2) is 0 Å². The molecule has 0 spiro atoms. The Kier molecular flexibility index (Phi) is 3.75. The van der Waals surface area contributed by atoms with Gasteiger partial charge in [0.25, 0.3) is 10.0 Å². The third kappa shape index (κ3) is 2.70. The van der Waals surface area contributed by atoms with Crippen LogP contribution < -0.4 is 0 Å². The van der Waals surface area contributed by atoms with Crippen LogP contribution in [-0.4, -0.2) is 24.8 Å². The molecule has 4 nitrogen and oxygen atoms in total. The molecule has 0 radical (unpaired) electrons. The average Bonchev–Trinajstić information content (AvgIpc) is 3.02. The summed E-state index contributed by atoms with van der Waals surface area (Å²) in [6, 6.07) is 13.0. The van der Waals surface area contributed by atoms with E-state index in [1.807, 2.05) is 30.3 Å². The first-order valence-electron chi connectivity index (χ1n) is 6.41. The van der Waals surface area contributed by atoms with Gasteiger partial charge in [-0.2, -0.15) is 4.31 Å². The fourth-order valence-corrected chi connectivity index (χ4v) is 4.53. The number of pyridine rings is 1. The Bertz CT molecular complexity index is 853. The minimum Gasteiger partial charge on any atom is -0.256 e. The van der Waals surface area contributed by atoms with Crippen molar-refractivity contribution in [3.63, 3.8) is 0 Å². The van der Waals surface area contributed by atoms with Crippen molar-refractivity contribution in [2.24, 2.45) is 0 Å². The van der Waals surface area contributed by atoms with Crippen LogP contribution in [0.3, 0.4) is 0 Å². The highest BCUT2D eigenvalue weighted by Crippen LogP contribution is 2.23. The van der Waals surface area contributed by atoms with Crippen LogP contribution in [0.1, 0.15) is 5.56 Å². The minimum absolute atomic E-state index is 0.300. The molecular formula is C15H14N2O2S2. The number of sulfonamides is 1. The van der Waals surface area contributed by atoms with Crippen LogP contribution in [0.5, 0.6) is 0 Å². The van der Waals surface area contributed by atoms with Gasteiger partial charge < -0.3 is 0 Å². The molecule has 3 rings (SSSR count). The summed E-state index contributed by atoms with van der Waals surface area (Å²) in [5.41, 5.74) is 1.74. The zero-order chi connectivity index (χ0) is 14.9. The van der Waals surface area contributed by atoms with Crippen LogP contribution in [0, 0.1) is 0 Å². The molecular weight excluding hydrogens is 304 g/mol. The van der Waals surface area contributed by atoms with E-state index < -0.39 is 10.0 Å². The molecule has 0 atom stereocenters. The van der Waals surface area contributed by atoms with Crippen molar-refractivity contribution in [1.29, 1.82) is 0 Å². The number of aromatic nitrogens is 1. The topological polar surface area (TPSA) is 50.3 Å². The van der Waals surface area contributed by atoms with Crippen LogP contribution >= 0.6 is 11.3 Å². The number of nitrogens with zero attached hydrogens (tertiary/aromatic N) is 2. The summed E-state index contributed by atoms with van der Waals surface area (Å²) >= 11 is 1.23. The zero-order valence-corrected chi connectivity index (χ0v) is 13.1. The summed E-state index contributed by atoms with van der Waals surface area (Å²) in [5.74, 6) is 0. The van der Waals surface area contributed by atoms with Gasteiger partial charge in [-0.05, 0) is 23.1 Å². The number of thiophene rings is 1. The first-order valence-corrected chi connectivity index (χ1v) is 8.73. The van der Waals surface area contributed by atoms with E-state index in [0.717, 1.165) is 16.5 Å². The smallest absolute Gasteiger partial charge is 0.252 e. The fraction of sp³-hybridized carbons (Fsp3) is 0.133. The number of hydrogen-bond donors (Lipinski definition) is 0. The summed E-state index contributed by atoms with van der Waals surface area (Å²) in [6.07, 6.45) is 1.72. The average molecular weight is 318 g/mol. The molecule has 1 aromatic carbocycles. The van der Waals surface area contributed by atoms with Crippen molar-refractivity contribution < 1.29 is 8.42 Å². The lowest BCUT2D eigenvalue weighted by atomic mass is 10.1. The molecule has 108 valence electrons. The summed E-state index contributed by atoms with van der Waals surface area (Å²) in [5, 5.41) is 2.78.